The number of amides is 2. The molecule has 0 bridgehead atoms. The minimum absolute atomic E-state index is 0. The Kier molecular flexibility index (Phi) is 6.16. The number of halogens is 1. The van der Waals surface area contributed by atoms with E-state index < -0.39 is 5.66 Å². The number of aryl methyl sites for hydroxylation is 2. The third kappa shape index (κ3) is 3.79. The molecule has 0 radical (unpaired) electrons. The number of nitrogens with one attached hydrogen (secondary N) is 1. The van der Waals surface area contributed by atoms with Gasteiger partial charge in [0, 0.05) is 6.54 Å². The molecular formula is C20H26ClN3O2. The van der Waals surface area contributed by atoms with Crippen LogP contribution in [0.1, 0.15) is 22.3 Å². The molecule has 0 saturated carbocycles. The summed E-state index contributed by atoms with van der Waals surface area (Å²) >= 11 is 0. The van der Waals surface area contributed by atoms with Crippen molar-refractivity contribution in [3.05, 3.63) is 64.7 Å². The van der Waals surface area contributed by atoms with Gasteiger partial charge in [-0.25, -0.2) is 4.79 Å². The third-order valence-corrected chi connectivity index (χ3v) is 5.03. The number of urea groups is 1. The molecule has 26 heavy (non-hydrogen) atoms. The van der Waals surface area contributed by atoms with Gasteiger partial charge in [0.2, 0.25) is 0 Å². The molecule has 1 aliphatic rings. The lowest BCUT2D eigenvalue weighted by molar-refractivity contribution is 0.160. The molecule has 0 spiro atoms. The minimum Gasteiger partial charge on any atom is -0.497 e. The molecule has 1 heterocycles. The van der Waals surface area contributed by atoms with Gasteiger partial charge in [0.15, 0.2) is 0 Å². The molecule has 3 rings (SSSR count). The van der Waals surface area contributed by atoms with E-state index in [1.165, 1.54) is 11.1 Å². The first kappa shape index (κ1) is 20.1. The van der Waals surface area contributed by atoms with Gasteiger partial charge in [0.25, 0.3) is 0 Å². The van der Waals surface area contributed by atoms with Gasteiger partial charge in [-0.15, -0.1) is 12.4 Å². The van der Waals surface area contributed by atoms with Crippen LogP contribution < -0.4 is 15.8 Å². The number of carbonyl (C=O) groups excluding carboxylic acids is 1. The smallest absolute Gasteiger partial charge is 0.319 e. The molecule has 5 nitrogen and oxygen atoms in total. The fourth-order valence-electron chi connectivity index (χ4n) is 3.19. The van der Waals surface area contributed by atoms with Crippen LogP contribution in [0, 0.1) is 13.8 Å². The van der Waals surface area contributed by atoms with Crippen molar-refractivity contribution in [2.45, 2.75) is 25.9 Å². The summed E-state index contributed by atoms with van der Waals surface area (Å²) in [7, 11) is 1.65. The Bertz CT molecular complexity index is 779. The van der Waals surface area contributed by atoms with Crippen molar-refractivity contribution in [2.24, 2.45) is 5.73 Å². The largest absolute Gasteiger partial charge is 0.497 e. The maximum absolute atomic E-state index is 12.4. The van der Waals surface area contributed by atoms with E-state index in [9.17, 15) is 4.79 Å². The number of rotatable bonds is 5. The molecule has 0 aliphatic carbocycles. The predicted molar refractivity (Wildman–Crippen MR) is 106 cm³/mol. The molecule has 1 unspecified atom stereocenters. The summed E-state index contributed by atoms with van der Waals surface area (Å²) in [5.74, 6) is 0.825. The molecule has 140 valence electrons. The SMILES string of the molecule is COc1ccc(CCN2C(=O)NCC2(N)c2ccc(C)c(C)c2)cc1.Cl. The summed E-state index contributed by atoms with van der Waals surface area (Å²) in [6.45, 7) is 5.11. The Morgan fingerprint density at radius 3 is 2.46 bits per heavy atom. The third-order valence-electron chi connectivity index (χ3n) is 5.03. The fraction of sp³-hybridized carbons (Fsp3) is 0.350. The van der Waals surface area contributed by atoms with Gasteiger partial charge < -0.3 is 20.7 Å². The van der Waals surface area contributed by atoms with Crippen molar-refractivity contribution in [1.29, 1.82) is 0 Å². The Morgan fingerprint density at radius 1 is 1.15 bits per heavy atom. The maximum Gasteiger partial charge on any atom is 0.319 e. The average Bonchev–Trinajstić information content (AvgIpc) is 2.91. The first-order valence-corrected chi connectivity index (χ1v) is 8.49. The van der Waals surface area contributed by atoms with Gasteiger partial charge in [-0.1, -0.05) is 30.3 Å². The van der Waals surface area contributed by atoms with E-state index in [-0.39, 0.29) is 18.4 Å². The standard InChI is InChI=1S/C20H25N3O2.ClH/c1-14-4-7-17(12-15(14)2)20(21)13-22-19(24)23(20)11-10-16-5-8-18(25-3)9-6-16;/h4-9,12H,10-11,13,21H2,1-3H3,(H,22,24);1H. The highest BCUT2D eigenvalue weighted by Crippen LogP contribution is 2.28. The summed E-state index contributed by atoms with van der Waals surface area (Å²) in [5, 5.41) is 2.89. The Labute approximate surface area is 160 Å². The number of carbonyl (C=O) groups is 1. The summed E-state index contributed by atoms with van der Waals surface area (Å²) in [6.07, 6.45) is 0.737. The first-order valence-electron chi connectivity index (χ1n) is 8.49. The fourth-order valence-corrected chi connectivity index (χ4v) is 3.19. The summed E-state index contributed by atoms with van der Waals surface area (Å²) < 4.78 is 5.18. The van der Waals surface area contributed by atoms with Gasteiger partial charge in [0.1, 0.15) is 11.4 Å². The normalized spacial score (nSPS) is 19.1. The van der Waals surface area contributed by atoms with Gasteiger partial charge in [-0.3, -0.25) is 0 Å². The van der Waals surface area contributed by atoms with E-state index in [1.807, 2.05) is 30.3 Å². The second kappa shape index (κ2) is 7.98. The van der Waals surface area contributed by atoms with Gasteiger partial charge in [-0.2, -0.15) is 0 Å². The Morgan fingerprint density at radius 2 is 1.85 bits per heavy atom. The molecule has 0 aromatic heterocycles. The summed E-state index contributed by atoms with van der Waals surface area (Å²) in [5.41, 5.74) is 10.3. The van der Waals surface area contributed by atoms with Crippen molar-refractivity contribution >= 4 is 18.4 Å². The highest BCUT2D eigenvalue weighted by Gasteiger charge is 2.43. The van der Waals surface area contributed by atoms with Crippen LogP contribution >= 0.6 is 12.4 Å². The number of hydrogen-bond donors (Lipinski definition) is 2. The molecule has 1 fully saturated rings. The van der Waals surface area contributed by atoms with Crippen molar-refractivity contribution in [2.75, 3.05) is 20.2 Å². The van der Waals surface area contributed by atoms with Crippen LogP contribution in [-0.2, 0) is 12.1 Å². The maximum atomic E-state index is 12.4. The van der Waals surface area contributed by atoms with Crippen LogP contribution in [0.5, 0.6) is 5.75 Å². The second-order valence-corrected chi connectivity index (χ2v) is 6.63. The first-order chi connectivity index (χ1) is 11.9. The highest BCUT2D eigenvalue weighted by molar-refractivity contribution is 5.85. The zero-order valence-electron chi connectivity index (χ0n) is 15.4. The summed E-state index contributed by atoms with van der Waals surface area (Å²) in [6, 6.07) is 13.9. The average molecular weight is 376 g/mol. The van der Waals surface area contributed by atoms with Crippen molar-refractivity contribution in [3.63, 3.8) is 0 Å². The predicted octanol–water partition coefficient (Wildman–Crippen LogP) is 3.11. The molecule has 1 saturated heterocycles. The lowest BCUT2D eigenvalue weighted by Gasteiger charge is -2.34. The molecule has 2 aromatic rings. The van der Waals surface area contributed by atoms with E-state index in [4.69, 9.17) is 10.5 Å². The zero-order chi connectivity index (χ0) is 18.0. The van der Waals surface area contributed by atoms with Crippen LogP contribution in [0.3, 0.4) is 0 Å². The van der Waals surface area contributed by atoms with Gasteiger partial charge in [-0.05, 0) is 54.7 Å². The van der Waals surface area contributed by atoms with Crippen molar-refractivity contribution < 1.29 is 9.53 Å². The monoisotopic (exact) mass is 375 g/mol. The van der Waals surface area contributed by atoms with E-state index in [0.717, 1.165) is 23.3 Å². The van der Waals surface area contributed by atoms with Crippen molar-refractivity contribution in [1.82, 2.24) is 10.2 Å². The van der Waals surface area contributed by atoms with E-state index >= 15 is 0 Å². The number of ether oxygens (including phenoxy) is 1. The quantitative estimate of drug-likeness (QED) is 0.843. The lowest BCUT2D eigenvalue weighted by Crippen LogP contribution is -2.52. The Hall–Kier alpha value is -2.24. The molecule has 2 amide bonds. The topological polar surface area (TPSA) is 67.6 Å². The van der Waals surface area contributed by atoms with Crippen molar-refractivity contribution in [3.8, 4) is 5.75 Å². The zero-order valence-corrected chi connectivity index (χ0v) is 16.2. The van der Waals surface area contributed by atoms with Gasteiger partial charge >= 0.3 is 6.03 Å². The molecule has 2 aromatic carbocycles. The number of methoxy groups -OCH3 is 1. The Balaban J connectivity index is 0.00000243. The van der Waals surface area contributed by atoms with E-state index in [0.29, 0.717) is 13.1 Å². The minimum atomic E-state index is -0.817. The van der Waals surface area contributed by atoms with E-state index in [1.54, 1.807) is 12.0 Å². The lowest BCUT2D eigenvalue weighted by atomic mass is 9.95. The van der Waals surface area contributed by atoms with E-state index in [2.05, 4.69) is 31.3 Å². The van der Waals surface area contributed by atoms with Crippen LogP contribution in [0.4, 0.5) is 4.79 Å². The van der Waals surface area contributed by atoms with Crippen LogP contribution in [0.25, 0.3) is 0 Å². The molecule has 6 heteroatoms. The van der Waals surface area contributed by atoms with Gasteiger partial charge in [0.05, 0.1) is 13.7 Å². The van der Waals surface area contributed by atoms with Crippen LogP contribution in [0.2, 0.25) is 0 Å². The summed E-state index contributed by atoms with van der Waals surface area (Å²) in [4.78, 5) is 14.1. The molecule has 1 aliphatic heterocycles. The van der Waals surface area contributed by atoms with Crippen LogP contribution in [0.15, 0.2) is 42.5 Å². The number of hydrogen-bond acceptors (Lipinski definition) is 3. The molecule has 3 N–H and O–H groups in total. The number of nitrogens with two attached hydrogens (primary N) is 1. The number of benzene rings is 2. The second-order valence-electron chi connectivity index (χ2n) is 6.63. The molecular weight excluding hydrogens is 350 g/mol. The highest BCUT2D eigenvalue weighted by atomic mass is 35.5. The molecule has 1 atom stereocenters. The number of nitrogens with zero attached hydrogens (tertiary/aromatic N) is 1. The van der Waals surface area contributed by atoms with Crippen LogP contribution in [-0.4, -0.2) is 31.1 Å².